The quantitative estimate of drug-likeness (QED) is 0.455. The van der Waals surface area contributed by atoms with Gasteiger partial charge in [0.25, 0.3) is 0 Å². The summed E-state index contributed by atoms with van der Waals surface area (Å²) in [6.07, 6.45) is 3.09. The summed E-state index contributed by atoms with van der Waals surface area (Å²) in [7, 11) is -3.42. The van der Waals surface area contributed by atoms with Crippen molar-refractivity contribution in [2.75, 3.05) is 45.9 Å². The van der Waals surface area contributed by atoms with Crippen molar-refractivity contribution in [2.24, 2.45) is 10.4 Å². The number of hydrogen-bond donors (Lipinski definition) is 2. The molecule has 0 aliphatic carbocycles. The van der Waals surface area contributed by atoms with Crippen LogP contribution in [0.15, 0.2) is 21.8 Å². The summed E-state index contributed by atoms with van der Waals surface area (Å²) in [5.74, 6) is 0.625. The molecule has 0 bridgehead atoms. The first kappa shape index (κ1) is 22.6. The molecule has 2 rings (SSSR count). The molecule has 1 fully saturated rings. The number of sulfonamides is 1. The Morgan fingerprint density at radius 3 is 2.46 bits per heavy atom. The number of nitrogens with zero attached hydrogens (tertiary/aromatic N) is 4. The van der Waals surface area contributed by atoms with E-state index in [9.17, 15) is 13.5 Å². The van der Waals surface area contributed by atoms with Crippen LogP contribution in [-0.2, 0) is 15.8 Å². The lowest BCUT2D eigenvalue weighted by Gasteiger charge is -2.36. The van der Waals surface area contributed by atoms with Crippen LogP contribution >= 0.6 is 0 Å². The Bertz CT molecular complexity index is 700. The Morgan fingerprint density at radius 2 is 1.96 bits per heavy atom. The topological polar surface area (TPSA) is 111 Å². The van der Waals surface area contributed by atoms with Gasteiger partial charge in [-0.05, 0) is 19.8 Å². The fourth-order valence-electron chi connectivity index (χ4n) is 3.18. The van der Waals surface area contributed by atoms with Gasteiger partial charge >= 0.3 is 0 Å². The molecule has 1 aromatic rings. The Labute approximate surface area is 167 Å². The highest BCUT2D eigenvalue weighted by molar-refractivity contribution is 7.88. The molecule has 0 unspecified atom stereocenters. The van der Waals surface area contributed by atoms with Gasteiger partial charge in [-0.3, -0.25) is 4.99 Å². The lowest BCUT2D eigenvalue weighted by molar-refractivity contribution is 0.123. The van der Waals surface area contributed by atoms with Crippen LogP contribution in [0.5, 0.6) is 0 Å². The first-order valence-electron chi connectivity index (χ1n) is 9.91. The van der Waals surface area contributed by atoms with Crippen molar-refractivity contribution in [1.82, 2.24) is 19.7 Å². The van der Waals surface area contributed by atoms with Crippen molar-refractivity contribution < 1.29 is 18.0 Å². The van der Waals surface area contributed by atoms with Crippen LogP contribution < -0.4 is 5.32 Å². The van der Waals surface area contributed by atoms with E-state index in [1.54, 1.807) is 6.07 Å². The van der Waals surface area contributed by atoms with Gasteiger partial charge in [-0.1, -0.05) is 19.0 Å². The molecule has 0 saturated carbocycles. The maximum absolute atomic E-state index is 12.6. The zero-order valence-corrected chi connectivity index (χ0v) is 17.9. The van der Waals surface area contributed by atoms with Crippen LogP contribution in [0.25, 0.3) is 0 Å². The third-order valence-corrected chi connectivity index (χ3v) is 7.30. The van der Waals surface area contributed by atoms with Gasteiger partial charge in [0, 0.05) is 44.2 Å². The van der Waals surface area contributed by atoms with E-state index in [0.29, 0.717) is 38.4 Å². The summed E-state index contributed by atoms with van der Waals surface area (Å²) in [5.41, 5.74) is 0.209. The first-order chi connectivity index (χ1) is 13.4. The molecule has 0 atom stereocenters. The van der Waals surface area contributed by atoms with E-state index in [1.807, 2.05) is 6.92 Å². The summed E-state index contributed by atoms with van der Waals surface area (Å²) in [5, 5.41) is 16.8. The Morgan fingerprint density at radius 1 is 1.29 bits per heavy atom. The van der Waals surface area contributed by atoms with Crippen molar-refractivity contribution in [3.8, 4) is 0 Å². The molecular formula is C18H33N5O4S. The number of aromatic nitrogens is 1. The van der Waals surface area contributed by atoms with Crippen molar-refractivity contribution >= 4 is 16.0 Å². The van der Waals surface area contributed by atoms with Crippen LogP contribution in [0.2, 0.25) is 0 Å². The molecule has 0 spiro atoms. The average molecular weight is 416 g/mol. The fourth-order valence-corrected chi connectivity index (χ4v) is 4.61. The van der Waals surface area contributed by atoms with Gasteiger partial charge in [0.05, 0.1) is 18.8 Å². The molecule has 28 heavy (non-hydrogen) atoms. The van der Waals surface area contributed by atoms with Crippen LogP contribution in [0, 0.1) is 5.41 Å². The molecule has 9 nitrogen and oxygen atoms in total. The number of aliphatic hydroxyl groups excluding tert-OH is 1. The van der Waals surface area contributed by atoms with Crippen molar-refractivity contribution in [3.63, 3.8) is 0 Å². The smallest absolute Gasteiger partial charge is 0.220 e. The molecule has 0 aromatic carbocycles. The normalized spacial score (nSPS) is 17.1. The van der Waals surface area contributed by atoms with Gasteiger partial charge in [-0.25, -0.2) is 8.42 Å². The second kappa shape index (κ2) is 10.2. The van der Waals surface area contributed by atoms with E-state index >= 15 is 0 Å². The summed E-state index contributed by atoms with van der Waals surface area (Å²) < 4.78 is 31.4. The highest BCUT2D eigenvalue weighted by Gasteiger charge is 2.30. The van der Waals surface area contributed by atoms with Crippen LogP contribution in [-0.4, -0.2) is 79.7 Å². The summed E-state index contributed by atoms with van der Waals surface area (Å²) in [4.78, 5) is 6.83. The number of aliphatic imine (C=N–C) groups is 1. The fraction of sp³-hybridized carbons (Fsp3) is 0.778. The molecule has 2 heterocycles. The maximum Gasteiger partial charge on any atom is 0.220 e. The Hall–Kier alpha value is -1.65. The van der Waals surface area contributed by atoms with Gasteiger partial charge in [-0.15, -0.1) is 0 Å². The van der Waals surface area contributed by atoms with E-state index in [0.717, 1.165) is 25.3 Å². The monoisotopic (exact) mass is 415 g/mol. The molecule has 2 N–H and O–H groups in total. The number of aliphatic hydroxyl groups is 1. The minimum Gasteiger partial charge on any atom is -0.396 e. The maximum atomic E-state index is 12.6. The Kier molecular flexibility index (Phi) is 8.26. The summed E-state index contributed by atoms with van der Waals surface area (Å²) in [6, 6.07) is 1.57. The SMILES string of the molecule is CCNC(=NCC(CC)(CC)CO)N1CCN(S(=O)(=O)Cc2ccon2)CC1. The summed E-state index contributed by atoms with van der Waals surface area (Å²) >= 11 is 0. The largest absolute Gasteiger partial charge is 0.396 e. The number of hydrogen-bond acceptors (Lipinski definition) is 6. The van der Waals surface area contributed by atoms with Crippen molar-refractivity contribution in [2.45, 2.75) is 39.4 Å². The number of nitrogens with one attached hydrogen (secondary N) is 1. The van der Waals surface area contributed by atoms with Gasteiger partial charge < -0.3 is 19.8 Å². The first-order valence-corrected chi connectivity index (χ1v) is 11.5. The van der Waals surface area contributed by atoms with Gasteiger partial charge in [-0.2, -0.15) is 4.31 Å². The molecule has 10 heteroatoms. The van der Waals surface area contributed by atoms with Crippen molar-refractivity contribution in [3.05, 3.63) is 18.0 Å². The molecular weight excluding hydrogens is 382 g/mol. The highest BCUT2D eigenvalue weighted by Crippen LogP contribution is 2.26. The molecule has 0 amide bonds. The zero-order chi connectivity index (χ0) is 20.6. The lowest BCUT2D eigenvalue weighted by Crippen LogP contribution is -2.54. The minimum absolute atomic E-state index is 0.108. The second-order valence-electron chi connectivity index (χ2n) is 7.17. The van der Waals surface area contributed by atoms with Crippen LogP contribution in [0.4, 0.5) is 0 Å². The van der Waals surface area contributed by atoms with E-state index in [2.05, 4.69) is 29.2 Å². The predicted molar refractivity (Wildman–Crippen MR) is 108 cm³/mol. The Balaban J connectivity index is 2.00. The van der Waals surface area contributed by atoms with Gasteiger partial charge in [0.2, 0.25) is 10.0 Å². The third kappa shape index (κ3) is 5.68. The molecule has 1 saturated heterocycles. The highest BCUT2D eigenvalue weighted by atomic mass is 32.2. The van der Waals surface area contributed by atoms with Gasteiger partial charge in [0.15, 0.2) is 5.96 Å². The van der Waals surface area contributed by atoms with Crippen LogP contribution in [0.1, 0.15) is 39.3 Å². The molecule has 1 aromatic heterocycles. The summed E-state index contributed by atoms with van der Waals surface area (Å²) in [6.45, 7) is 9.46. The third-order valence-electron chi connectivity index (χ3n) is 5.49. The molecule has 160 valence electrons. The van der Waals surface area contributed by atoms with E-state index in [1.165, 1.54) is 10.6 Å². The molecule has 1 aliphatic heterocycles. The standard InChI is InChI=1S/C18H33N5O4S/c1-4-18(5-2,15-24)14-20-17(19-6-3)22-8-10-23(11-9-22)28(25,26)13-16-7-12-27-21-16/h7,12,24H,4-6,8-11,13-15H2,1-3H3,(H,19,20). The number of guanidine groups is 1. The van der Waals surface area contributed by atoms with E-state index in [-0.39, 0.29) is 17.8 Å². The predicted octanol–water partition coefficient (Wildman–Crippen LogP) is 0.886. The minimum atomic E-state index is -3.42. The van der Waals surface area contributed by atoms with Crippen LogP contribution in [0.3, 0.4) is 0 Å². The number of rotatable bonds is 9. The van der Waals surface area contributed by atoms with Gasteiger partial charge in [0.1, 0.15) is 12.0 Å². The average Bonchev–Trinajstić information content (AvgIpc) is 3.21. The lowest BCUT2D eigenvalue weighted by atomic mass is 9.83. The second-order valence-corrected chi connectivity index (χ2v) is 9.14. The zero-order valence-electron chi connectivity index (χ0n) is 17.1. The molecule has 0 radical (unpaired) electrons. The van der Waals surface area contributed by atoms with E-state index < -0.39 is 10.0 Å². The number of piperazine rings is 1. The molecule has 1 aliphatic rings. The van der Waals surface area contributed by atoms with E-state index in [4.69, 9.17) is 9.52 Å². The van der Waals surface area contributed by atoms with Crippen molar-refractivity contribution in [1.29, 1.82) is 0 Å².